The number of hydrazone groups is 1. The molecule has 2 heterocycles. The minimum Gasteiger partial charge on any atom is -0.448 e. The number of carbonyl (C=O) groups is 2. The first-order valence-electron chi connectivity index (χ1n) is 9.58. The molecule has 0 N–H and O–H groups in total. The van der Waals surface area contributed by atoms with E-state index in [0.717, 1.165) is 11.1 Å². The summed E-state index contributed by atoms with van der Waals surface area (Å²) >= 11 is 0. The molecular formula is C22H20N4O4. The fraction of sp³-hybridized carbons (Fsp3) is 0.227. The molecular weight excluding hydrogens is 384 g/mol. The van der Waals surface area contributed by atoms with E-state index in [0.29, 0.717) is 11.6 Å². The standard InChI is InChI=1S/C22H20N4O4/c1-14-7-6-10-17(13-14)26-19(27)12-11-18(25-26)22(28)29-15(2)20-23-24-21(30-20)16-8-4-3-5-9-16/h3-10,13,15H,11-12H2,1-2H3/t15-/m0/s1. The summed E-state index contributed by atoms with van der Waals surface area (Å²) in [4.78, 5) is 24.9. The van der Waals surface area contributed by atoms with Crippen molar-refractivity contribution in [1.82, 2.24) is 10.2 Å². The van der Waals surface area contributed by atoms with Gasteiger partial charge in [0.25, 0.3) is 5.89 Å². The molecule has 0 aliphatic carbocycles. The molecule has 0 unspecified atom stereocenters. The van der Waals surface area contributed by atoms with Gasteiger partial charge >= 0.3 is 5.97 Å². The van der Waals surface area contributed by atoms with Gasteiger partial charge in [-0.3, -0.25) is 4.79 Å². The molecule has 8 nitrogen and oxygen atoms in total. The summed E-state index contributed by atoms with van der Waals surface area (Å²) in [6.45, 7) is 3.57. The molecule has 3 aromatic rings. The zero-order valence-corrected chi connectivity index (χ0v) is 16.6. The zero-order chi connectivity index (χ0) is 21.1. The molecule has 0 saturated carbocycles. The highest BCUT2D eigenvalue weighted by Gasteiger charge is 2.28. The highest BCUT2D eigenvalue weighted by Crippen LogP contribution is 2.24. The van der Waals surface area contributed by atoms with Crippen molar-refractivity contribution in [2.45, 2.75) is 32.8 Å². The van der Waals surface area contributed by atoms with Gasteiger partial charge in [0.1, 0.15) is 5.71 Å². The van der Waals surface area contributed by atoms with E-state index < -0.39 is 12.1 Å². The number of hydrogen-bond donors (Lipinski definition) is 0. The molecule has 4 rings (SSSR count). The highest BCUT2D eigenvalue weighted by molar-refractivity contribution is 6.38. The number of aryl methyl sites for hydroxylation is 1. The summed E-state index contributed by atoms with van der Waals surface area (Å²) in [7, 11) is 0. The van der Waals surface area contributed by atoms with Crippen molar-refractivity contribution in [1.29, 1.82) is 0 Å². The van der Waals surface area contributed by atoms with E-state index in [1.54, 1.807) is 13.0 Å². The third-order valence-electron chi connectivity index (χ3n) is 4.61. The maximum Gasteiger partial charge on any atom is 0.355 e. The molecule has 8 heteroatoms. The van der Waals surface area contributed by atoms with E-state index in [1.165, 1.54) is 5.01 Å². The van der Waals surface area contributed by atoms with Crippen LogP contribution in [0.3, 0.4) is 0 Å². The maximum atomic E-state index is 12.6. The lowest BCUT2D eigenvalue weighted by atomic mass is 10.1. The Balaban J connectivity index is 1.48. The van der Waals surface area contributed by atoms with Gasteiger partial charge in [-0.25, -0.2) is 9.80 Å². The Morgan fingerprint density at radius 1 is 1.10 bits per heavy atom. The van der Waals surface area contributed by atoms with Crippen molar-refractivity contribution in [3.63, 3.8) is 0 Å². The van der Waals surface area contributed by atoms with Gasteiger partial charge in [-0.1, -0.05) is 30.3 Å². The van der Waals surface area contributed by atoms with Crippen molar-refractivity contribution in [3.05, 3.63) is 66.1 Å². The number of benzene rings is 2. The van der Waals surface area contributed by atoms with Crippen molar-refractivity contribution < 1.29 is 18.7 Å². The Bertz CT molecular complexity index is 1110. The van der Waals surface area contributed by atoms with Gasteiger partial charge in [-0.2, -0.15) is 5.10 Å². The van der Waals surface area contributed by atoms with Crippen LogP contribution in [0.2, 0.25) is 0 Å². The normalized spacial score (nSPS) is 14.9. The molecule has 1 amide bonds. The number of aromatic nitrogens is 2. The first-order valence-corrected chi connectivity index (χ1v) is 9.58. The molecule has 152 valence electrons. The molecule has 2 aromatic carbocycles. The summed E-state index contributed by atoms with van der Waals surface area (Å²) < 4.78 is 11.1. The second kappa shape index (κ2) is 8.28. The van der Waals surface area contributed by atoms with Crippen LogP contribution in [0.4, 0.5) is 5.69 Å². The molecule has 0 spiro atoms. The van der Waals surface area contributed by atoms with Crippen LogP contribution < -0.4 is 5.01 Å². The molecule has 1 atom stereocenters. The number of esters is 1. The Morgan fingerprint density at radius 2 is 1.90 bits per heavy atom. The molecule has 0 bridgehead atoms. The van der Waals surface area contributed by atoms with E-state index in [4.69, 9.17) is 9.15 Å². The average Bonchev–Trinajstić information content (AvgIpc) is 3.25. The highest BCUT2D eigenvalue weighted by atomic mass is 16.6. The van der Waals surface area contributed by atoms with Crippen LogP contribution in [0, 0.1) is 6.92 Å². The van der Waals surface area contributed by atoms with Gasteiger partial charge in [0, 0.05) is 18.4 Å². The van der Waals surface area contributed by atoms with Crippen molar-refractivity contribution >= 4 is 23.3 Å². The van der Waals surface area contributed by atoms with E-state index in [2.05, 4.69) is 15.3 Å². The topological polar surface area (TPSA) is 97.9 Å². The van der Waals surface area contributed by atoms with Crippen LogP contribution in [0.25, 0.3) is 11.5 Å². The van der Waals surface area contributed by atoms with Crippen LogP contribution in [0.5, 0.6) is 0 Å². The number of hydrogen-bond acceptors (Lipinski definition) is 7. The van der Waals surface area contributed by atoms with E-state index in [-0.39, 0.29) is 30.4 Å². The second-order valence-corrected chi connectivity index (χ2v) is 6.95. The van der Waals surface area contributed by atoms with Crippen LogP contribution in [0.15, 0.2) is 64.1 Å². The largest absolute Gasteiger partial charge is 0.448 e. The summed E-state index contributed by atoms with van der Waals surface area (Å²) in [6, 6.07) is 16.7. The van der Waals surface area contributed by atoms with E-state index in [9.17, 15) is 9.59 Å². The number of amides is 1. The fourth-order valence-corrected chi connectivity index (χ4v) is 3.04. The predicted molar refractivity (Wildman–Crippen MR) is 110 cm³/mol. The van der Waals surface area contributed by atoms with Crippen LogP contribution in [-0.2, 0) is 14.3 Å². The Hall–Kier alpha value is -3.81. The summed E-state index contributed by atoms with van der Waals surface area (Å²) in [5, 5.41) is 13.5. The third-order valence-corrected chi connectivity index (χ3v) is 4.61. The van der Waals surface area contributed by atoms with Crippen molar-refractivity contribution in [2.75, 3.05) is 5.01 Å². The van der Waals surface area contributed by atoms with E-state index in [1.807, 2.05) is 55.5 Å². The predicted octanol–water partition coefficient (Wildman–Crippen LogP) is 3.83. The van der Waals surface area contributed by atoms with E-state index >= 15 is 0 Å². The van der Waals surface area contributed by atoms with Gasteiger partial charge in [0.05, 0.1) is 5.69 Å². The summed E-state index contributed by atoms with van der Waals surface area (Å²) in [5.41, 5.74) is 2.55. The SMILES string of the molecule is Cc1cccc(N2N=C(C(=O)O[C@@H](C)c3nnc(-c4ccccc4)o3)CCC2=O)c1. The molecule has 1 aliphatic rings. The summed E-state index contributed by atoms with van der Waals surface area (Å²) in [5.74, 6) is -0.258. The van der Waals surface area contributed by atoms with Crippen LogP contribution >= 0.6 is 0 Å². The molecule has 1 aliphatic heterocycles. The lowest BCUT2D eigenvalue weighted by Gasteiger charge is -2.23. The number of carbonyl (C=O) groups excluding carboxylic acids is 2. The summed E-state index contributed by atoms with van der Waals surface area (Å²) in [6.07, 6.45) is -0.365. The molecule has 0 radical (unpaired) electrons. The van der Waals surface area contributed by atoms with Gasteiger partial charge < -0.3 is 9.15 Å². The molecule has 30 heavy (non-hydrogen) atoms. The van der Waals surface area contributed by atoms with Crippen LogP contribution in [0.1, 0.15) is 37.3 Å². The number of rotatable bonds is 5. The van der Waals surface area contributed by atoms with Gasteiger partial charge in [-0.05, 0) is 43.7 Å². The number of ether oxygens (including phenoxy) is 1. The zero-order valence-electron chi connectivity index (χ0n) is 16.6. The maximum absolute atomic E-state index is 12.6. The Morgan fingerprint density at radius 3 is 2.67 bits per heavy atom. The van der Waals surface area contributed by atoms with Gasteiger partial charge in [0.2, 0.25) is 11.8 Å². The second-order valence-electron chi connectivity index (χ2n) is 6.95. The smallest absolute Gasteiger partial charge is 0.355 e. The van der Waals surface area contributed by atoms with Gasteiger partial charge in [0.15, 0.2) is 6.10 Å². The minimum absolute atomic E-state index is 0.172. The fourth-order valence-electron chi connectivity index (χ4n) is 3.04. The lowest BCUT2D eigenvalue weighted by molar-refractivity contribution is -0.141. The molecule has 0 saturated heterocycles. The average molecular weight is 404 g/mol. The third kappa shape index (κ3) is 4.12. The molecule has 0 fully saturated rings. The first kappa shape index (κ1) is 19.5. The number of nitrogens with zero attached hydrogens (tertiary/aromatic N) is 4. The first-order chi connectivity index (χ1) is 14.5. The Kier molecular flexibility index (Phi) is 5.38. The Labute approximate surface area is 173 Å². The molecule has 1 aromatic heterocycles. The number of anilines is 1. The lowest BCUT2D eigenvalue weighted by Crippen LogP contribution is -2.35. The quantitative estimate of drug-likeness (QED) is 0.600. The monoisotopic (exact) mass is 404 g/mol. The van der Waals surface area contributed by atoms with Crippen molar-refractivity contribution in [3.8, 4) is 11.5 Å². The van der Waals surface area contributed by atoms with Gasteiger partial charge in [-0.15, -0.1) is 10.2 Å². The van der Waals surface area contributed by atoms with Crippen molar-refractivity contribution in [2.24, 2.45) is 5.10 Å². The minimum atomic E-state index is -0.754. The van der Waals surface area contributed by atoms with Crippen LogP contribution in [-0.4, -0.2) is 27.8 Å².